The Labute approximate surface area is 160 Å². The number of carbonyl (C=O) groups excluding carboxylic acids is 1. The summed E-state index contributed by atoms with van der Waals surface area (Å²) in [6.45, 7) is 2.92. The van der Waals surface area contributed by atoms with Crippen LogP contribution in [0.3, 0.4) is 0 Å². The van der Waals surface area contributed by atoms with Crippen LogP contribution < -0.4 is 5.73 Å². The predicted molar refractivity (Wildman–Crippen MR) is 105 cm³/mol. The molecule has 1 saturated heterocycles. The molecule has 1 aliphatic rings. The summed E-state index contributed by atoms with van der Waals surface area (Å²) in [5.74, 6) is 0.264. The van der Waals surface area contributed by atoms with Crippen molar-refractivity contribution in [3.63, 3.8) is 0 Å². The summed E-state index contributed by atoms with van der Waals surface area (Å²) < 4.78 is 5.73. The number of aromatic nitrogens is 2. The van der Waals surface area contributed by atoms with E-state index in [-0.39, 0.29) is 18.0 Å². The Hall–Kier alpha value is -2.51. The Morgan fingerprint density at radius 2 is 2.00 bits per heavy atom. The molecule has 2 heterocycles. The lowest BCUT2D eigenvalue weighted by Crippen LogP contribution is -2.41. The summed E-state index contributed by atoms with van der Waals surface area (Å²) >= 11 is 0. The Morgan fingerprint density at radius 1 is 1.22 bits per heavy atom. The third-order valence-electron chi connectivity index (χ3n) is 4.65. The highest BCUT2D eigenvalue weighted by molar-refractivity contribution is 5.94. The van der Waals surface area contributed by atoms with Gasteiger partial charge in [0.15, 0.2) is 0 Å². The number of anilines is 1. The van der Waals surface area contributed by atoms with Gasteiger partial charge in [-0.25, -0.2) is 9.97 Å². The molecular formula is C20H27N5O2. The topological polar surface area (TPSA) is 84.6 Å². The zero-order valence-corrected chi connectivity index (χ0v) is 16.0. The number of nitrogens with zero attached hydrogens (tertiary/aromatic N) is 4. The van der Waals surface area contributed by atoms with Gasteiger partial charge in [0.1, 0.15) is 0 Å². The quantitative estimate of drug-likeness (QED) is 0.802. The molecule has 1 aromatic heterocycles. The number of rotatable bonds is 7. The summed E-state index contributed by atoms with van der Waals surface area (Å²) in [6.07, 6.45) is 3.84. The number of ether oxygens (including phenoxy) is 1. The van der Waals surface area contributed by atoms with Gasteiger partial charge in [-0.3, -0.25) is 4.79 Å². The van der Waals surface area contributed by atoms with Crippen LogP contribution in [0.25, 0.3) is 11.3 Å². The first-order valence-corrected chi connectivity index (χ1v) is 9.27. The van der Waals surface area contributed by atoms with Crippen LogP contribution in [0, 0.1) is 0 Å². The zero-order valence-electron chi connectivity index (χ0n) is 16.0. The van der Waals surface area contributed by atoms with Crippen molar-refractivity contribution in [2.75, 3.05) is 46.1 Å². The predicted octanol–water partition coefficient (Wildman–Crippen LogP) is 1.91. The Kier molecular flexibility index (Phi) is 6.36. The van der Waals surface area contributed by atoms with Gasteiger partial charge in [0, 0.05) is 43.6 Å². The number of amides is 1. The Balaban J connectivity index is 1.73. The maximum Gasteiger partial charge on any atom is 0.253 e. The molecule has 0 bridgehead atoms. The average molecular weight is 369 g/mol. The number of carbonyl (C=O) groups is 1. The molecule has 1 fully saturated rings. The van der Waals surface area contributed by atoms with Crippen molar-refractivity contribution in [3.8, 4) is 11.3 Å². The molecule has 0 unspecified atom stereocenters. The molecule has 7 heteroatoms. The van der Waals surface area contributed by atoms with E-state index in [0.29, 0.717) is 18.7 Å². The van der Waals surface area contributed by atoms with Gasteiger partial charge in [-0.15, -0.1) is 0 Å². The lowest BCUT2D eigenvalue weighted by Gasteiger charge is -2.27. The molecule has 2 N–H and O–H groups in total. The van der Waals surface area contributed by atoms with Gasteiger partial charge < -0.3 is 20.3 Å². The molecule has 1 aromatic carbocycles. The van der Waals surface area contributed by atoms with E-state index in [4.69, 9.17) is 10.5 Å². The molecule has 27 heavy (non-hydrogen) atoms. The standard InChI is InChI=1S/C20H27N5O2/c1-24(2)11-12-25(14-17-4-3-13-27-17)19(26)16-7-5-15(6-8-16)18-9-10-22-20(21)23-18/h5-10,17H,3-4,11-14H2,1-2H3,(H2,21,22,23)/t17-/m1/s1. The lowest BCUT2D eigenvalue weighted by atomic mass is 10.1. The number of nitrogen functional groups attached to an aromatic ring is 1. The van der Waals surface area contributed by atoms with Gasteiger partial charge >= 0.3 is 0 Å². The number of nitrogens with two attached hydrogens (primary N) is 1. The summed E-state index contributed by atoms with van der Waals surface area (Å²) in [6, 6.07) is 9.27. The van der Waals surface area contributed by atoms with Crippen molar-refractivity contribution in [3.05, 3.63) is 42.1 Å². The Bertz CT molecular complexity index is 757. The van der Waals surface area contributed by atoms with Gasteiger partial charge in [0.05, 0.1) is 11.8 Å². The first-order valence-electron chi connectivity index (χ1n) is 9.27. The third-order valence-corrected chi connectivity index (χ3v) is 4.65. The van der Waals surface area contributed by atoms with Crippen LogP contribution in [-0.4, -0.2) is 72.1 Å². The minimum absolute atomic E-state index is 0.0288. The van der Waals surface area contributed by atoms with Crippen LogP contribution in [0.5, 0.6) is 0 Å². The molecule has 144 valence electrons. The number of hydrogen-bond acceptors (Lipinski definition) is 6. The van der Waals surface area contributed by atoms with E-state index in [2.05, 4.69) is 14.9 Å². The van der Waals surface area contributed by atoms with Gasteiger partial charge in [0.2, 0.25) is 5.95 Å². The average Bonchev–Trinajstić information content (AvgIpc) is 3.18. The minimum Gasteiger partial charge on any atom is -0.376 e. The molecule has 3 rings (SSSR count). The molecule has 0 spiro atoms. The maximum absolute atomic E-state index is 13.1. The number of benzene rings is 1. The molecule has 7 nitrogen and oxygen atoms in total. The van der Waals surface area contributed by atoms with E-state index in [1.807, 2.05) is 43.3 Å². The third kappa shape index (κ3) is 5.24. The normalized spacial score (nSPS) is 16.6. The highest BCUT2D eigenvalue weighted by atomic mass is 16.5. The second kappa shape index (κ2) is 8.92. The van der Waals surface area contributed by atoms with Crippen molar-refractivity contribution in [2.45, 2.75) is 18.9 Å². The summed E-state index contributed by atoms with van der Waals surface area (Å²) in [7, 11) is 4.02. The summed E-state index contributed by atoms with van der Waals surface area (Å²) in [5, 5.41) is 0. The number of likely N-dealkylation sites (N-methyl/N-ethyl adjacent to an activating group) is 1. The first-order chi connectivity index (χ1) is 13.0. The fraction of sp³-hybridized carbons (Fsp3) is 0.450. The summed E-state index contributed by atoms with van der Waals surface area (Å²) in [5.41, 5.74) is 7.96. The van der Waals surface area contributed by atoms with Gasteiger partial charge in [-0.05, 0) is 45.1 Å². The molecule has 1 atom stereocenters. The molecule has 1 amide bonds. The fourth-order valence-electron chi connectivity index (χ4n) is 3.13. The van der Waals surface area contributed by atoms with E-state index in [1.54, 1.807) is 12.3 Å². The van der Waals surface area contributed by atoms with Gasteiger partial charge in [0.25, 0.3) is 5.91 Å². The van der Waals surface area contributed by atoms with E-state index >= 15 is 0 Å². The number of hydrogen-bond donors (Lipinski definition) is 1. The van der Waals surface area contributed by atoms with Gasteiger partial charge in [-0.2, -0.15) is 0 Å². The van der Waals surface area contributed by atoms with Crippen LogP contribution in [0.15, 0.2) is 36.5 Å². The minimum atomic E-state index is 0.0288. The molecule has 0 radical (unpaired) electrons. The van der Waals surface area contributed by atoms with Gasteiger partial charge in [-0.1, -0.05) is 12.1 Å². The first kappa shape index (κ1) is 19.3. The highest BCUT2D eigenvalue weighted by Gasteiger charge is 2.23. The van der Waals surface area contributed by atoms with Crippen LogP contribution in [-0.2, 0) is 4.74 Å². The SMILES string of the molecule is CN(C)CCN(C[C@H]1CCCO1)C(=O)c1ccc(-c2ccnc(N)n2)cc1. The molecule has 1 aliphatic heterocycles. The van der Waals surface area contributed by atoms with Crippen molar-refractivity contribution in [1.82, 2.24) is 19.8 Å². The lowest BCUT2D eigenvalue weighted by molar-refractivity contribution is 0.0512. The van der Waals surface area contributed by atoms with Crippen LogP contribution >= 0.6 is 0 Å². The fourth-order valence-corrected chi connectivity index (χ4v) is 3.13. The molecule has 2 aromatic rings. The van der Waals surface area contributed by atoms with E-state index in [1.165, 1.54) is 0 Å². The van der Waals surface area contributed by atoms with Crippen molar-refractivity contribution < 1.29 is 9.53 Å². The zero-order chi connectivity index (χ0) is 19.2. The van der Waals surface area contributed by atoms with Crippen LogP contribution in [0.1, 0.15) is 23.2 Å². The smallest absolute Gasteiger partial charge is 0.253 e. The largest absolute Gasteiger partial charge is 0.376 e. The second-order valence-corrected chi connectivity index (χ2v) is 7.07. The van der Waals surface area contributed by atoms with E-state index < -0.39 is 0 Å². The molecule has 0 aliphatic carbocycles. The molecule has 0 saturated carbocycles. The Morgan fingerprint density at radius 3 is 2.63 bits per heavy atom. The van der Waals surface area contributed by atoms with E-state index in [0.717, 1.165) is 37.3 Å². The van der Waals surface area contributed by atoms with Crippen LogP contribution in [0.4, 0.5) is 5.95 Å². The van der Waals surface area contributed by atoms with Crippen LogP contribution in [0.2, 0.25) is 0 Å². The maximum atomic E-state index is 13.1. The highest BCUT2D eigenvalue weighted by Crippen LogP contribution is 2.19. The van der Waals surface area contributed by atoms with Crippen molar-refractivity contribution in [2.24, 2.45) is 0 Å². The molecular weight excluding hydrogens is 342 g/mol. The second-order valence-electron chi connectivity index (χ2n) is 7.07. The summed E-state index contributed by atoms with van der Waals surface area (Å²) in [4.78, 5) is 25.2. The van der Waals surface area contributed by atoms with Crippen molar-refractivity contribution >= 4 is 11.9 Å². The van der Waals surface area contributed by atoms with E-state index in [9.17, 15) is 4.79 Å². The van der Waals surface area contributed by atoms with Crippen molar-refractivity contribution in [1.29, 1.82) is 0 Å². The monoisotopic (exact) mass is 369 g/mol.